The quantitative estimate of drug-likeness (QED) is 0.263. The van der Waals surface area contributed by atoms with Gasteiger partial charge in [0.05, 0.1) is 22.6 Å². The summed E-state index contributed by atoms with van der Waals surface area (Å²) < 4.78 is 10.3. The zero-order valence-corrected chi connectivity index (χ0v) is 19.0. The van der Waals surface area contributed by atoms with E-state index >= 15 is 0 Å². The van der Waals surface area contributed by atoms with Crippen molar-refractivity contribution < 1.29 is 4.74 Å². The number of thiazole rings is 1. The number of nitrogens with zero attached hydrogens (tertiary/aromatic N) is 4. The van der Waals surface area contributed by atoms with E-state index in [2.05, 4.69) is 37.0 Å². The number of rotatable bonds is 8. The van der Waals surface area contributed by atoms with Crippen LogP contribution in [-0.4, -0.2) is 14.1 Å². The van der Waals surface area contributed by atoms with Crippen molar-refractivity contribution >= 4 is 28.4 Å². The fraction of sp³-hybridized carbons (Fsp3) is 0.120. The molecule has 0 atom stereocenters. The van der Waals surface area contributed by atoms with E-state index in [1.54, 1.807) is 22.7 Å². The van der Waals surface area contributed by atoms with Crippen LogP contribution < -0.4 is 9.54 Å². The van der Waals surface area contributed by atoms with Gasteiger partial charge < -0.3 is 13.9 Å². The molecule has 0 aliphatic heterocycles. The van der Waals surface area contributed by atoms with Crippen molar-refractivity contribution in [1.82, 2.24) is 14.1 Å². The highest BCUT2D eigenvalue weighted by Gasteiger charge is 2.09. The molecule has 0 radical (unpaired) electrons. The number of aromatic nitrogens is 3. The second-order valence-electron chi connectivity index (χ2n) is 7.21. The Labute approximate surface area is 194 Å². The first-order chi connectivity index (χ1) is 15.8. The first kappa shape index (κ1) is 20.5. The van der Waals surface area contributed by atoms with Crippen molar-refractivity contribution in [3.05, 3.63) is 101 Å². The fourth-order valence-electron chi connectivity index (χ4n) is 3.41. The van der Waals surface area contributed by atoms with Gasteiger partial charge in [-0.15, -0.1) is 22.7 Å². The molecule has 0 N–H and O–H groups in total. The SMILES string of the molecule is c1ccc(Oc2ccc(N=c3scc(-c4cccs4)n3CCCn3ccnc3)cc2)cc1. The summed E-state index contributed by atoms with van der Waals surface area (Å²) in [4.78, 5) is 11.3. The van der Waals surface area contributed by atoms with Gasteiger partial charge in [-0.3, -0.25) is 0 Å². The van der Waals surface area contributed by atoms with Gasteiger partial charge in [-0.05, 0) is 54.3 Å². The Hall–Kier alpha value is -3.42. The van der Waals surface area contributed by atoms with Crippen molar-refractivity contribution in [2.24, 2.45) is 4.99 Å². The third-order valence-corrected chi connectivity index (χ3v) is 6.72. The van der Waals surface area contributed by atoms with Crippen LogP contribution >= 0.6 is 22.7 Å². The first-order valence-corrected chi connectivity index (χ1v) is 12.2. The van der Waals surface area contributed by atoms with Crippen molar-refractivity contribution in [3.8, 4) is 22.1 Å². The highest BCUT2D eigenvalue weighted by atomic mass is 32.1. The lowest BCUT2D eigenvalue weighted by molar-refractivity contribution is 0.483. The minimum atomic E-state index is 0.800. The van der Waals surface area contributed by atoms with E-state index in [1.165, 1.54) is 10.6 Å². The van der Waals surface area contributed by atoms with Crippen LogP contribution in [0.15, 0.2) is 101 Å². The maximum atomic E-state index is 5.90. The molecule has 0 aliphatic carbocycles. The Balaban J connectivity index is 1.39. The van der Waals surface area contributed by atoms with Gasteiger partial charge in [0.15, 0.2) is 4.80 Å². The summed E-state index contributed by atoms with van der Waals surface area (Å²) in [6.07, 6.45) is 6.69. The molecule has 0 fully saturated rings. The maximum Gasteiger partial charge on any atom is 0.190 e. The molecule has 7 heteroatoms. The van der Waals surface area contributed by atoms with Gasteiger partial charge in [0, 0.05) is 30.9 Å². The van der Waals surface area contributed by atoms with Crippen LogP contribution in [-0.2, 0) is 13.1 Å². The monoisotopic (exact) mass is 458 g/mol. The van der Waals surface area contributed by atoms with Crippen LogP contribution in [0.25, 0.3) is 10.6 Å². The van der Waals surface area contributed by atoms with E-state index in [0.717, 1.165) is 41.5 Å². The van der Waals surface area contributed by atoms with Crippen molar-refractivity contribution in [3.63, 3.8) is 0 Å². The van der Waals surface area contributed by atoms with E-state index < -0.39 is 0 Å². The zero-order chi connectivity index (χ0) is 21.6. The first-order valence-electron chi connectivity index (χ1n) is 10.4. The molecule has 5 aromatic rings. The number of aryl methyl sites for hydroxylation is 1. The Morgan fingerprint density at radius 1 is 0.875 bits per heavy atom. The number of benzene rings is 2. The molecule has 0 unspecified atom stereocenters. The van der Waals surface area contributed by atoms with Gasteiger partial charge in [-0.25, -0.2) is 9.98 Å². The van der Waals surface area contributed by atoms with Crippen molar-refractivity contribution in [2.75, 3.05) is 0 Å². The number of imidazole rings is 1. The van der Waals surface area contributed by atoms with Gasteiger partial charge >= 0.3 is 0 Å². The summed E-state index contributed by atoms with van der Waals surface area (Å²) in [7, 11) is 0. The Morgan fingerprint density at radius 2 is 1.72 bits per heavy atom. The molecule has 2 aromatic carbocycles. The van der Waals surface area contributed by atoms with E-state index in [0.29, 0.717) is 0 Å². The van der Waals surface area contributed by atoms with Gasteiger partial charge in [0.1, 0.15) is 11.5 Å². The van der Waals surface area contributed by atoms with Gasteiger partial charge in [0.25, 0.3) is 0 Å². The topological polar surface area (TPSA) is 44.3 Å². The zero-order valence-electron chi connectivity index (χ0n) is 17.4. The maximum absolute atomic E-state index is 5.90. The van der Waals surface area contributed by atoms with Crippen LogP contribution in [0.2, 0.25) is 0 Å². The third-order valence-electron chi connectivity index (χ3n) is 4.97. The molecule has 0 aliphatic rings. The molecule has 0 spiro atoms. The third kappa shape index (κ3) is 4.90. The second-order valence-corrected chi connectivity index (χ2v) is 8.99. The summed E-state index contributed by atoms with van der Waals surface area (Å²) in [6.45, 7) is 1.82. The van der Waals surface area contributed by atoms with E-state index in [1.807, 2.05) is 73.3 Å². The van der Waals surface area contributed by atoms with Crippen LogP contribution in [0, 0.1) is 0 Å². The molecule has 3 aromatic heterocycles. The van der Waals surface area contributed by atoms with Crippen LogP contribution in [0.5, 0.6) is 11.5 Å². The van der Waals surface area contributed by atoms with Crippen LogP contribution in [0.3, 0.4) is 0 Å². The highest BCUT2D eigenvalue weighted by Crippen LogP contribution is 2.27. The number of para-hydroxylation sites is 1. The average molecular weight is 459 g/mol. The van der Waals surface area contributed by atoms with Crippen molar-refractivity contribution in [2.45, 2.75) is 19.5 Å². The van der Waals surface area contributed by atoms with Crippen molar-refractivity contribution in [1.29, 1.82) is 0 Å². The number of thiophene rings is 1. The fourth-order valence-corrected chi connectivity index (χ4v) is 5.18. The lowest BCUT2D eigenvalue weighted by atomic mass is 10.3. The summed E-state index contributed by atoms with van der Waals surface area (Å²) in [5.41, 5.74) is 2.13. The standard InChI is InChI=1S/C25H22N4OS2/c1-2-6-21(7-3-1)30-22-11-9-20(10-12-22)27-25-29(15-5-14-28-16-13-26-19-28)23(18-32-25)24-8-4-17-31-24/h1-4,6-13,16-19H,5,14-15H2. The van der Waals surface area contributed by atoms with Gasteiger partial charge in [-0.1, -0.05) is 24.3 Å². The minimum Gasteiger partial charge on any atom is -0.457 e. The van der Waals surface area contributed by atoms with Gasteiger partial charge in [0.2, 0.25) is 0 Å². The normalized spacial score (nSPS) is 11.7. The highest BCUT2D eigenvalue weighted by molar-refractivity contribution is 7.14. The predicted molar refractivity (Wildman–Crippen MR) is 131 cm³/mol. The molecule has 32 heavy (non-hydrogen) atoms. The number of hydrogen-bond donors (Lipinski definition) is 0. The molecule has 0 saturated heterocycles. The van der Waals surface area contributed by atoms with E-state index in [-0.39, 0.29) is 0 Å². The van der Waals surface area contributed by atoms with Gasteiger partial charge in [-0.2, -0.15) is 0 Å². The Kier molecular flexibility index (Phi) is 6.28. The largest absolute Gasteiger partial charge is 0.457 e. The Bertz CT molecular complexity index is 1300. The van der Waals surface area contributed by atoms with Crippen LogP contribution in [0.1, 0.15) is 6.42 Å². The second kappa shape index (κ2) is 9.80. The lowest BCUT2D eigenvalue weighted by Crippen LogP contribution is -2.16. The number of hydrogen-bond acceptors (Lipinski definition) is 5. The smallest absolute Gasteiger partial charge is 0.190 e. The Morgan fingerprint density at radius 3 is 2.47 bits per heavy atom. The predicted octanol–water partition coefficient (Wildman–Crippen LogP) is 6.59. The summed E-state index contributed by atoms with van der Waals surface area (Å²) >= 11 is 3.43. The number of ether oxygens (including phenoxy) is 1. The molecule has 0 saturated carbocycles. The van der Waals surface area contributed by atoms with E-state index in [9.17, 15) is 0 Å². The molecule has 160 valence electrons. The molecule has 0 bridgehead atoms. The molecule has 5 rings (SSSR count). The summed E-state index contributed by atoms with van der Waals surface area (Å²) in [5.74, 6) is 1.63. The lowest BCUT2D eigenvalue weighted by Gasteiger charge is -2.09. The van der Waals surface area contributed by atoms with Crippen LogP contribution in [0.4, 0.5) is 5.69 Å². The molecular weight excluding hydrogens is 436 g/mol. The molecule has 0 amide bonds. The average Bonchev–Trinajstić information content (AvgIpc) is 3.59. The molecular formula is C25H22N4OS2. The summed E-state index contributed by atoms with van der Waals surface area (Å²) in [5, 5.41) is 4.32. The van der Waals surface area contributed by atoms with E-state index in [4.69, 9.17) is 9.73 Å². The molecule has 3 heterocycles. The molecule has 5 nitrogen and oxygen atoms in total. The summed E-state index contributed by atoms with van der Waals surface area (Å²) in [6, 6.07) is 22.0. The minimum absolute atomic E-state index is 0.800.